The lowest BCUT2D eigenvalue weighted by Gasteiger charge is -2.29. The molecule has 0 amide bonds. The van der Waals surface area contributed by atoms with Crippen LogP contribution in [0.15, 0.2) is 29.2 Å². The van der Waals surface area contributed by atoms with E-state index in [4.69, 9.17) is 33.0 Å². The molecule has 192 valence electrons. The third-order valence-corrected chi connectivity index (χ3v) is 7.34. The SMILES string of the molecule is O=C(O)COc1c(Cl)c(Cl)cc2c1CCCC2NS(=O)(=O)c1cc(C(F)(F)F)cc(C(F)(F)F)c1. The molecule has 1 aliphatic rings. The van der Waals surface area contributed by atoms with Crippen LogP contribution in [0.5, 0.6) is 5.75 Å². The highest BCUT2D eigenvalue weighted by molar-refractivity contribution is 7.89. The molecule has 1 aliphatic carbocycles. The number of hydrogen-bond acceptors (Lipinski definition) is 4. The van der Waals surface area contributed by atoms with Crippen molar-refractivity contribution in [3.63, 3.8) is 0 Å². The summed E-state index contributed by atoms with van der Waals surface area (Å²) < 4.78 is 112. The van der Waals surface area contributed by atoms with Gasteiger partial charge in [-0.25, -0.2) is 17.9 Å². The van der Waals surface area contributed by atoms with Crippen molar-refractivity contribution in [2.24, 2.45) is 0 Å². The van der Waals surface area contributed by atoms with E-state index in [0.717, 1.165) is 0 Å². The number of rotatable bonds is 6. The summed E-state index contributed by atoms with van der Waals surface area (Å²) in [6.45, 7) is -0.784. The molecule has 3 rings (SSSR count). The Morgan fingerprint density at radius 1 is 1.06 bits per heavy atom. The summed E-state index contributed by atoms with van der Waals surface area (Å²) in [6.07, 6.45) is -9.75. The summed E-state index contributed by atoms with van der Waals surface area (Å²) in [5, 5.41) is 8.64. The Morgan fingerprint density at radius 2 is 1.63 bits per heavy atom. The van der Waals surface area contributed by atoms with Crippen LogP contribution in [0.3, 0.4) is 0 Å². The molecule has 1 atom stereocenters. The third kappa shape index (κ3) is 6.13. The van der Waals surface area contributed by atoms with E-state index in [1.807, 2.05) is 0 Å². The predicted molar refractivity (Wildman–Crippen MR) is 112 cm³/mol. The van der Waals surface area contributed by atoms with Gasteiger partial charge in [-0.2, -0.15) is 26.3 Å². The first-order valence-corrected chi connectivity index (χ1v) is 11.9. The largest absolute Gasteiger partial charge is 0.480 e. The van der Waals surface area contributed by atoms with Gasteiger partial charge in [0.25, 0.3) is 0 Å². The standard InChI is InChI=1S/C20H15Cl2F6NO5S/c21-14-7-13-12(18(17(14)22)34-8-16(30)31)2-1-3-15(13)29-35(32,33)11-5-9(19(23,24)25)4-10(6-11)20(26,27)28/h4-7,15,29H,1-3,8H2,(H,30,31). The summed E-state index contributed by atoms with van der Waals surface area (Å²) in [5.41, 5.74) is -3.04. The van der Waals surface area contributed by atoms with Crippen LogP contribution >= 0.6 is 23.2 Å². The molecule has 0 saturated heterocycles. The van der Waals surface area contributed by atoms with Crippen molar-refractivity contribution in [2.45, 2.75) is 42.6 Å². The lowest BCUT2D eigenvalue weighted by Crippen LogP contribution is -2.32. The van der Waals surface area contributed by atoms with E-state index < -0.39 is 57.0 Å². The Labute approximate surface area is 204 Å². The number of hydrogen-bond donors (Lipinski definition) is 2. The number of nitrogens with one attached hydrogen (secondary N) is 1. The highest BCUT2D eigenvalue weighted by Crippen LogP contribution is 2.44. The third-order valence-electron chi connectivity index (χ3n) is 5.12. The molecule has 15 heteroatoms. The summed E-state index contributed by atoms with van der Waals surface area (Å²) in [6, 6.07) is 0.208. The van der Waals surface area contributed by atoms with E-state index in [0.29, 0.717) is 12.0 Å². The molecular formula is C20H15Cl2F6NO5S. The first-order chi connectivity index (χ1) is 16.0. The Bertz CT molecular complexity index is 1230. The predicted octanol–water partition coefficient (Wildman–Crippen LogP) is 5.85. The lowest BCUT2D eigenvalue weighted by atomic mass is 9.87. The topological polar surface area (TPSA) is 92.7 Å². The summed E-state index contributed by atoms with van der Waals surface area (Å²) in [5.74, 6) is -1.42. The van der Waals surface area contributed by atoms with Crippen LogP contribution in [0, 0.1) is 0 Å². The molecule has 2 aromatic carbocycles. The zero-order valence-electron chi connectivity index (χ0n) is 17.2. The van der Waals surface area contributed by atoms with Crippen LogP contribution in [0.4, 0.5) is 26.3 Å². The molecule has 0 heterocycles. The van der Waals surface area contributed by atoms with Crippen LogP contribution < -0.4 is 9.46 Å². The number of carbonyl (C=O) groups is 1. The molecule has 0 aromatic heterocycles. The van der Waals surface area contributed by atoms with Crippen LogP contribution in [0.25, 0.3) is 0 Å². The van der Waals surface area contributed by atoms with Gasteiger partial charge in [-0.3, -0.25) is 0 Å². The number of aliphatic carboxylic acids is 1. The fourth-order valence-electron chi connectivity index (χ4n) is 3.61. The fraction of sp³-hybridized carbons (Fsp3) is 0.350. The maximum absolute atomic E-state index is 13.2. The maximum Gasteiger partial charge on any atom is 0.416 e. The number of halogens is 8. The summed E-state index contributed by atoms with van der Waals surface area (Å²) >= 11 is 12.2. The molecule has 35 heavy (non-hydrogen) atoms. The van der Waals surface area contributed by atoms with Crippen LogP contribution in [0.1, 0.15) is 41.1 Å². The van der Waals surface area contributed by atoms with Gasteiger partial charge in [0.1, 0.15) is 10.8 Å². The second-order valence-electron chi connectivity index (χ2n) is 7.56. The average molecular weight is 566 g/mol. The molecule has 0 aliphatic heterocycles. The van der Waals surface area contributed by atoms with Gasteiger partial charge in [-0.1, -0.05) is 23.2 Å². The molecule has 2 N–H and O–H groups in total. The minimum Gasteiger partial charge on any atom is -0.480 e. The van der Waals surface area contributed by atoms with Crippen molar-refractivity contribution in [1.29, 1.82) is 0 Å². The van der Waals surface area contributed by atoms with Gasteiger partial charge in [-0.15, -0.1) is 0 Å². The molecule has 0 saturated carbocycles. The second kappa shape index (κ2) is 9.68. The zero-order chi connectivity index (χ0) is 26.3. The Hall–Kier alpha value is -2.22. The van der Waals surface area contributed by atoms with Crippen molar-refractivity contribution in [2.75, 3.05) is 6.61 Å². The van der Waals surface area contributed by atoms with E-state index >= 15 is 0 Å². The number of alkyl halides is 6. The number of fused-ring (bicyclic) bond motifs is 1. The lowest BCUT2D eigenvalue weighted by molar-refractivity contribution is -0.143. The average Bonchev–Trinajstić information content (AvgIpc) is 2.73. The second-order valence-corrected chi connectivity index (χ2v) is 10.1. The molecule has 2 aromatic rings. The first kappa shape index (κ1) is 27.4. The van der Waals surface area contributed by atoms with E-state index in [9.17, 15) is 39.6 Å². The zero-order valence-corrected chi connectivity index (χ0v) is 19.6. The van der Waals surface area contributed by atoms with E-state index in [2.05, 4.69) is 4.72 Å². The van der Waals surface area contributed by atoms with E-state index in [1.165, 1.54) is 6.07 Å². The molecule has 6 nitrogen and oxygen atoms in total. The minimum absolute atomic E-state index is 0.0982. The van der Waals surface area contributed by atoms with E-state index in [1.54, 1.807) is 0 Å². The molecule has 0 spiro atoms. The molecule has 0 radical (unpaired) electrons. The number of carboxylic acids is 1. The number of sulfonamides is 1. The highest BCUT2D eigenvalue weighted by Gasteiger charge is 2.39. The molecular weight excluding hydrogens is 551 g/mol. The Kier molecular flexibility index (Phi) is 7.57. The number of carboxylic acid groups (broad SMARTS) is 1. The maximum atomic E-state index is 13.2. The Balaban J connectivity index is 2.06. The molecule has 1 unspecified atom stereocenters. The van der Waals surface area contributed by atoms with Crippen LogP contribution in [0.2, 0.25) is 10.0 Å². The normalized spacial score (nSPS) is 16.6. The summed E-state index contributed by atoms with van der Waals surface area (Å²) in [4.78, 5) is 9.66. The van der Waals surface area contributed by atoms with Crippen LogP contribution in [-0.4, -0.2) is 26.1 Å². The van der Waals surface area contributed by atoms with Crippen molar-refractivity contribution in [3.8, 4) is 5.75 Å². The summed E-state index contributed by atoms with van der Waals surface area (Å²) in [7, 11) is -4.89. The number of ether oxygens (including phenoxy) is 1. The van der Waals surface area contributed by atoms with Crippen molar-refractivity contribution in [1.82, 2.24) is 4.72 Å². The van der Waals surface area contributed by atoms with Crippen molar-refractivity contribution < 1.29 is 49.4 Å². The van der Waals surface area contributed by atoms with Gasteiger partial charge in [0, 0.05) is 11.6 Å². The first-order valence-electron chi connectivity index (χ1n) is 9.68. The van der Waals surface area contributed by atoms with Gasteiger partial charge in [0.15, 0.2) is 6.61 Å². The van der Waals surface area contributed by atoms with Gasteiger partial charge in [0.2, 0.25) is 10.0 Å². The monoisotopic (exact) mass is 565 g/mol. The van der Waals surface area contributed by atoms with Gasteiger partial charge in [-0.05, 0) is 49.1 Å². The van der Waals surface area contributed by atoms with Crippen molar-refractivity contribution in [3.05, 3.63) is 56.6 Å². The fourth-order valence-corrected chi connectivity index (χ4v) is 5.36. The Morgan fingerprint density at radius 3 is 2.14 bits per heavy atom. The number of benzene rings is 2. The van der Waals surface area contributed by atoms with Crippen LogP contribution in [-0.2, 0) is 33.6 Å². The molecule has 0 bridgehead atoms. The van der Waals surface area contributed by atoms with Gasteiger partial charge in [0.05, 0.1) is 21.0 Å². The highest BCUT2D eigenvalue weighted by atomic mass is 35.5. The van der Waals surface area contributed by atoms with Crippen molar-refractivity contribution >= 4 is 39.2 Å². The van der Waals surface area contributed by atoms with E-state index in [-0.39, 0.29) is 52.4 Å². The quantitative estimate of drug-likeness (QED) is 0.428. The molecule has 0 fully saturated rings. The smallest absolute Gasteiger partial charge is 0.416 e. The minimum atomic E-state index is -5.23. The van der Waals surface area contributed by atoms with Gasteiger partial charge < -0.3 is 9.84 Å². The van der Waals surface area contributed by atoms with Gasteiger partial charge >= 0.3 is 18.3 Å².